The van der Waals surface area contributed by atoms with E-state index < -0.39 is 0 Å². The fraction of sp³-hybridized carbons (Fsp3) is 0.182. The molecule has 0 heterocycles. The monoisotopic (exact) mass is 336 g/mol. The molecule has 3 rings (SSSR count). The van der Waals surface area contributed by atoms with Crippen molar-refractivity contribution in [2.75, 3.05) is 0 Å². The average Bonchev–Trinajstić information content (AvgIpc) is 2.58. The summed E-state index contributed by atoms with van der Waals surface area (Å²) in [6, 6.07) is 22.6. The second-order valence-electron chi connectivity index (χ2n) is 5.99. The highest BCUT2D eigenvalue weighted by atomic mass is 16.5. The van der Waals surface area contributed by atoms with Crippen LogP contribution in [-0.4, -0.2) is 10.2 Å². The van der Waals surface area contributed by atoms with Crippen LogP contribution in [0.4, 0.5) is 0 Å². The van der Waals surface area contributed by atoms with E-state index in [2.05, 4.69) is 62.4 Å². The van der Waals surface area contributed by atoms with Crippen LogP contribution in [0.5, 0.6) is 11.5 Å². The van der Waals surface area contributed by atoms with Crippen molar-refractivity contribution in [2.24, 2.45) is 0 Å². The first-order valence-electron chi connectivity index (χ1n) is 8.20. The van der Waals surface area contributed by atoms with Crippen LogP contribution < -0.4 is 0 Å². The lowest BCUT2D eigenvalue weighted by molar-refractivity contribution is 0.107. The topological polar surface area (TPSA) is 49.7 Å². The van der Waals surface area contributed by atoms with Gasteiger partial charge in [-0.1, -0.05) is 59.7 Å². The molecule has 0 fully saturated rings. The molecule has 0 radical (unpaired) electrons. The van der Waals surface area contributed by atoms with Gasteiger partial charge in [-0.15, -0.1) is 0 Å². The summed E-state index contributed by atoms with van der Waals surface area (Å²) in [6.45, 7) is 5.55. The van der Waals surface area contributed by atoms with Gasteiger partial charge >= 0.3 is 0 Å². The molecule has 0 aliphatic heterocycles. The van der Waals surface area contributed by atoms with Gasteiger partial charge in [0.2, 0.25) is 0 Å². The highest BCUT2D eigenvalue weighted by Crippen LogP contribution is 2.13. The molecule has 130 valence electrons. The molecule has 3 heteroatoms. The minimum Gasteiger partial charge on any atom is -0.508 e. The van der Waals surface area contributed by atoms with Crippen LogP contribution >= 0.6 is 0 Å². The zero-order valence-corrected chi connectivity index (χ0v) is 14.6. The standard InChI is InChI=1S/C16H18O.C6H6O2/c1-13-5-3-7-15(9-13)11-17-12-16-8-4-6-14(2)10-16;7-5-1-2-6(8)4-3-5/h3-10H,11-12H2,1-2H3;1-4,7-8H. The highest BCUT2D eigenvalue weighted by molar-refractivity contribution is 5.28. The smallest absolute Gasteiger partial charge is 0.115 e. The van der Waals surface area contributed by atoms with Crippen molar-refractivity contribution in [3.8, 4) is 11.5 Å². The number of aromatic hydroxyl groups is 2. The maximum absolute atomic E-state index is 8.65. The van der Waals surface area contributed by atoms with Gasteiger partial charge in [0.05, 0.1) is 13.2 Å². The summed E-state index contributed by atoms with van der Waals surface area (Å²) in [6.07, 6.45) is 0. The van der Waals surface area contributed by atoms with Gasteiger partial charge in [0.1, 0.15) is 11.5 Å². The molecule has 0 amide bonds. The molecule has 0 spiro atoms. The van der Waals surface area contributed by atoms with Crippen LogP contribution in [0.25, 0.3) is 0 Å². The minimum absolute atomic E-state index is 0.169. The number of ether oxygens (including phenoxy) is 1. The lowest BCUT2D eigenvalue weighted by atomic mass is 10.1. The van der Waals surface area contributed by atoms with Crippen molar-refractivity contribution in [1.82, 2.24) is 0 Å². The Balaban J connectivity index is 0.000000236. The fourth-order valence-electron chi connectivity index (χ4n) is 2.34. The first-order valence-corrected chi connectivity index (χ1v) is 8.20. The second-order valence-corrected chi connectivity index (χ2v) is 5.99. The molecule has 3 nitrogen and oxygen atoms in total. The van der Waals surface area contributed by atoms with Gasteiger partial charge in [0, 0.05) is 0 Å². The van der Waals surface area contributed by atoms with Crippen LogP contribution in [0, 0.1) is 13.8 Å². The number of hydrogen-bond acceptors (Lipinski definition) is 3. The number of phenols is 2. The molecule has 0 aliphatic rings. The number of rotatable bonds is 4. The lowest BCUT2D eigenvalue weighted by Crippen LogP contribution is -1.94. The summed E-state index contributed by atoms with van der Waals surface area (Å²) in [7, 11) is 0. The third-order valence-corrected chi connectivity index (χ3v) is 3.55. The third kappa shape index (κ3) is 7.10. The molecule has 0 unspecified atom stereocenters. The van der Waals surface area contributed by atoms with Crippen molar-refractivity contribution in [2.45, 2.75) is 27.1 Å². The quantitative estimate of drug-likeness (QED) is 0.650. The van der Waals surface area contributed by atoms with Crippen LogP contribution in [0.3, 0.4) is 0 Å². The van der Waals surface area contributed by atoms with Gasteiger partial charge < -0.3 is 14.9 Å². The zero-order valence-electron chi connectivity index (χ0n) is 14.6. The largest absolute Gasteiger partial charge is 0.508 e. The number of aryl methyl sites for hydroxylation is 2. The summed E-state index contributed by atoms with van der Waals surface area (Å²) < 4.78 is 5.72. The average molecular weight is 336 g/mol. The van der Waals surface area contributed by atoms with Crippen molar-refractivity contribution < 1.29 is 14.9 Å². The predicted octanol–water partition coefficient (Wildman–Crippen LogP) is 5.12. The molecule has 0 atom stereocenters. The molecule has 25 heavy (non-hydrogen) atoms. The predicted molar refractivity (Wildman–Crippen MR) is 101 cm³/mol. The Hall–Kier alpha value is -2.78. The Morgan fingerprint density at radius 3 is 1.40 bits per heavy atom. The summed E-state index contributed by atoms with van der Waals surface area (Å²) in [4.78, 5) is 0. The second kappa shape index (κ2) is 9.50. The third-order valence-electron chi connectivity index (χ3n) is 3.55. The van der Waals surface area contributed by atoms with E-state index in [0.717, 1.165) is 0 Å². The Morgan fingerprint density at radius 2 is 1.04 bits per heavy atom. The molecule has 0 saturated carbocycles. The van der Waals surface area contributed by atoms with E-state index in [1.54, 1.807) is 0 Å². The Kier molecular flexibility index (Phi) is 7.05. The molecular weight excluding hydrogens is 312 g/mol. The number of hydrogen-bond donors (Lipinski definition) is 2. The van der Waals surface area contributed by atoms with E-state index in [4.69, 9.17) is 14.9 Å². The molecular formula is C22H24O3. The molecule has 0 aliphatic carbocycles. The molecule has 0 saturated heterocycles. The maximum atomic E-state index is 8.65. The SMILES string of the molecule is Cc1cccc(COCc2cccc(C)c2)c1.Oc1ccc(O)cc1. The summed E-state index contributed by atoms with van der Waals surface area (Å²) in [5, 5.41) is 17.3. The van der Waals surface area contributed by atoms with Gasteiger partial charge in [-0.3, -0.25) is 0 Å². The Bertz CT molecular complexity index is 713. The maximum Gasteiger partial charge on any atom is 0.115 e. The highest BCUT2D eigenvalue weighted by Gasteiger charge is 1.96. The first-order chi connectivity index (χ1) is 12.0. The number of benzene rings is 3. The summed E-state index contributed by atoms with van der Waals surface area (Å²) in [5.41, 5.74) is 5.03. The van der Waals surface area contributed by atoms with Crippen LogP contribution in [0.2, 0.25) is 0 Å². The van der Waals surface area contributed by atoms with Crippen LogP contribution in [0.1, 0.15) is 22.3 Å². The van der Waals surface area contributed by atoms with Crippen molar-refractivity contribution >= 4 is 0 Å². The van der Waals surface area contributed by atoms with Gasteiger partial charge in [-0.2, -0.15) is 0 Å². The Morgan fingerprint density at radius 1 is 0.640 bits per heavy atom. The van der Waals surface area contributed by atoms with E-state index in [9.17, 15) is 0 Å². The van der Waals surface area contributed by atoms with Gasteiger partial charge in [0.15, 0.2) is 0 Å². The zero-order chi connectivity index (χ0) is 18.1. The van der Waals surface area contributed by atoms with Crippen LogP contribution in [-0.2, 0) is 18.0 Å². The van der Waals surface area contributed by atoms with Gasteiger partial charge in [-0.25, -0.2) is 0 Å². The van der Waals surface area contributed by atoms with E-state index >= 15 is 0 Å². The molecule has 3 aromatic carbocycles. The summed E-state index contributed by atoms with van der Waals surface area (Å²) in [5.74, 6) is 0.339. The molecule has 3 aromatic rings. The fourth-order valence-corrected chi connectivity index (χ4v) is 2.34. The molecule has 0 bridgehead atoms. The van der Waals surface area contributed by atoms with E-state index in [0.29, 0.717) is 13.2 Å². The first kappa shape index (κ1) is 18.6. The minimum atomic E-state index is 0.169. The lowest BCUT2D eigenvalue weighted by Gasteiger charge is -2.06. The van der Waals surface area contributed by atoms with Gasteiger partial charge in [0.25, 0.3) is 0 Å². The normalized spacial score (nSPS) is 10.0. The van der Waals surface area contributed by atoms with E-state index in [1.807, 2.05) is 0 Å². The molecule has 0 aromatic heterocycles. The van der Waals surface area contributed by atoms with E-state index in [-0.39, 0.29) is 11.5 Å². The van der Waals surface area contributed by atoms with E-state index in [1.165, 1.54) is 46.5 Å². The van der Waals surface area contributed by atoms with Crippen molar-refractivity contribution in [1.29, 1.82) is 0 Å². The van der Waals surface area contributed by atoms with Crippen molar-refractivity contribution in [3.05, 3.63) is 95.1 Å². The van der Waals surface area contributed by atoms with Crippen molar-refractivity contribution in [3.63, 3.8) is 0 Å². The number of phenolic OH excluding ortho intramolecular Hbond substituents is 2. The Labute approximate surface area is 149 Å². The van der Waals surface area contributed by atoms with Crippen LogP contribution in [0.15, 0.2) is 72.8 Å². The summed E-state index contributed by atoms with van der Waals surface area (Å²) >= 11 is 0. The molecule has 2 N–H and O–H groups in total. The van der Waals surface area contributed by atoms with Gasteiger partial charge in [-0.05, 0) is 49.2 Å².